The minimum absolute atomic E-state index is 0.117. The Hall–Kier alpha value is -4.68. The number of aryl methyl sites for hydroxylation is 6. The standard InChI is InChI=1S/C35H38ClN5O6S/c1-21-19-27(20-22(2)34(21)36)47-18-8-11-29-24(4)40(35-30(29)9-7-10-31(35)33-23(3)37-39(6)25(33)5)17-16-32(42)38-48(45,46)28-14-12-26(13-15-28)41(43)44/h7,9-10,12-15,19-20H,8,11,16-18H2,1-6H3,(H,38,42). The molecule has 0 fully saturated rings. The Kier molecular flexibility index (Phi) is 9.97. The topological polar surface area (TPSA) is 138 Å². The first kappa shape index (κ1) is 34.6. The molecule has 0 aliphatic rings. The van der Waals surface area contributed by atoms with Crippen molar-refractivity contribution in [1.82, 2.24) is 19.1 Å². The molecule has 5 rings (SSSR count). The van der Waals surface area contributed by atoms with Crippen LogP contribution in [0.1, 0.15) is 46.6 Å². The number of amides is 1. The number of nitro groups is 1. The highest BCUT2D eigenvalue weighted by Crippen LogP contribution is 2.38. The zero-order valence-corrected chi connectivity index (χ0v) is 29.3. The number of para-hydroxylation sites is 1. The lowest BCUT2D eigenvalue weighted by Crippen LogP contribution is -2.31. The predicted molar refractivity (Wildman–Crippen MR) is 186 cm³/mol. The predicted octanol–water partition coefficient (Wildman–Crippen LogP) is 7.05. The fraction of sp³-hybridized carbons (Fsp3) is 0.314. The number of carbonyl (C=O) groups excluding carboxylic acids is 1. The van der Waals surface area contributed by atoms with E-state index in [-0.39, 0.29) is 23.5 Å². The molecule has 2 heterocycles. The lowest BCUT2D eigenvalue weighted by atomic mass is 9.98. The van der Waals surface area contributed by atoms with E-state index in [4.69, 9.17) is 16.3 Å². The van der Waals surface area contributed by atoms with Crippen LogP contribution in [0.3, 0.4) is 0 Å². The summed E-state index contributed by atoms with van der Waals surface area (Å²) in [6.45, 7) is 10.6. The van der Waals surface area contributed by atoms with Gasteiger partial charge in [0, 0.05) is 65.1 Å². The third kappa shape index (κ3) is 6.95. The van der Waals surface area contributed by atoms with Crippen LogP contribution in [0.5, 0.6) is 5.75 Å². The number of hydrogen-bond acceptors (Lipinski definition) is 7. The van der Waals surface area contributed by atoms with Gasteiger partial charge in [-0.1, -0.05) is 29.8 Å². The molecule has 1 N–H and O–H groups in total. The second-order valence-corrected chi connectivity index (χ2v) is 14.0. The fourth-order valence-electron chi connectivity index (χ4n) is 6.21. The van der Waals surface area contributed by atoms with Crippen LogP contribution >= 0.6 is 11.6 Å². The highest BCUT2D eigenvalue weighted by molar-refractivity contribution is 7.90. The Morgan fingerprint density at radius 1 is 1.02 bits per heavy atom. The number of sulfonamides is 1. The largest absolute Gasteiger partial charge is 0.494 e. The summed E-state index contributed by atoms with van der Waals surface area (Å²) in [5.41, 5.74) is 8.58. The SMILES string of the molecule is Cc1cc(OCCCc2c(C)n(CCC(=O)NS(=O)(=O)c3ccc([N+](=O)[O-])cc3)c3c(-c4c(C)nn(C)c4C)cccc23)cc(C)c1Cl. The highest BCUT2D eigenvalue weighted by Gasteiger charge is 2.23. The van der Waals surface area contributed by atoms with E-state index in [2.05, 4.69) is 20.5 Å². The molecule has 0 unspecified atom stereocenters. The maximum atomic E-state index is 13.1. The Labute approximate surface area is 284 Å². The molecular formula is C35H38ClN5O6S. The van der Waals surface area contributed by atoms with Crippen LogP contribution in [0.25, 0.3) is 22.0 Å². The molecule has 3 aromatic carbocycles. The maximum Gasteiger partial charge on any atom is 0.269 e. The van der Waals surface area contributed by atoms with Gasteiger partial charge in [-0.05, 0) is 88.4 Å². The van der Waals surface area contributed by atoms with Crippen LogP contribution in [0.4, 0.5) is 5.69 Å². The Balaban J connectivity index is 1.43. The Morgan fingerprint density at radius 3 is 2.29 bits per heavy atom. The number of nitrogens with zero attached hydrogens (tertiary/aromatic N) is 4. The number of benzene rings is 3. The van der Waals surface area contributed by atoms with Crippen molar-refractivity contribution >= 4 is 44.1 Å². The van der Waals surface area contributed by atoms with E-state index < -0.39 is 20.9 Å². The third-order valence-corrected chi connectivity index (χ3v) is 10.7. The second kappa shape index (κ2) is 13.8. The van der Waals surface area contributed by atoms with Crippen molar-refractivity contribution in [3.63, 3.8) is 0 Å². The molecule has 13 heteroatoms. The van der Waals surface area contributed by atoms with Gasteiger partial charge in [0.2, 0.25) is 5.91 Å². The molecule has 1 amide bonds. The third-order valence-electron chi connectivity index (χ3n) is 8.67. The summed E-state index contributed by atoms with van der Waals surface area (Å²) in [5.74, 6) is 0.0809. The lowest BCUT2D eigenvalue weighted by Gasteiger charge is -2.13. The smallest absolute Gasteiger partial charge is 0.269 e. The van der Waals surface area contributed by atoms with Crippen LogP contribution < -0.4 is 9.46 Å². The Bertz CT molecular complexity index is 2130. The minimum atomic E-state index is -4.22. The van der Waals surface area contributed by atoms with Gasteiger partial charge in [-0.2, -0.15) is 5.10 Å². The molecule has 0 saturated carbocycles. The number of non-ortho nitro benzene ring substituents is 1. The van der Waals surface area contributed by atoms with Crippen LogP contribution in [0, 0.1) is 44.7 Å². The number of hydrogen-bond donors (Lipinski definition) is 1. The van der Waals surface area contributed by atoms with Gasteiger partial charge in [-0.25, -0.2) is 13.1 Å². The normalized spacial score (nSPS) is 11.6. The first-order valence-electron chi connectivity index (χ1n) is 15.5. The van der Waals surface area contributed by atoms with E-state index in [0.29, 0.717) is 6.61 Å². The summed E-state index contributed by atoms with van der Waals surface area (Å²) < 4.78 is 37.9. The first-order valence-corrected chi connectivity index (χ1v) is 17.4. The van der Waals surface area contributed by atoms with Crippen molar-refractivity contribution in [2.75, 3.05) is 6.61 Å². The van der Waals surface area contributed by atoms with Gasteiger partial charge >= 0.3 is 0 Å². The minimum Gasteiger partial charge on any atom is -0.494 e. The second-order valence-electron chi connectivity index (χ2n) is 11.9. The quantitative estimate of drug-likeness (QED) is 0.0840. The number of nitro benzene ring substituents is 1. The molecule has 0 aliphatic carbocycles. The number of aromatic nitrogens is 3. The van der Waals surface area contributed by atoms with E-state index >= 15 is 0 Å². The molecule has 11 nitrogen and oxygen atoms in total. The van der Waals surface area contributed by atoms with Gasteiger partial charge in [-0.15, -0.1) is 0 Å². The van der Waals surface area contributed by atoms with Crippen LogP contribution in [0.15, 0.2) is 59.5 Å². The van der Waals surface area contributed by atoms with E-state index in [1.165, 1.54) is 0 Å². The van der Waals surface area contributed by atoms with Gasteiger partial charge in [0.05, 0.1) is 27.6 Å². The van der Waals surface area contributed by atoms with Gasteiger partial charge in [0.1, 0.15) is 5.75 Å². The molecule has 0 atom stereocenters. The van der Waals surface area contributed by atoms with E-state index in [1.807, 2.05) is 70.6 Å². The molecule has 0 saturated heterocycles. The number of ether oxygens (including phenoxy) is 1. The van der Waals surface area contributed by atoms with Crippen molar-refractivity contribution < 1.29 is 22.9 Å². The van der Waals surface area contributed by atoms with Crippen molar-refractivity contribution in [2.45, 2.75) is 65.3 Å². The van der Waals surface area contributed by atoms with Gasteiger partial charge < -0.3 is 9.30 Å². The summed E-state index contributed by atoms with van der Waals surface area (Å²) in [6.07, 6.45) is 1.34. The molecule has 48 heavy (non-hydrogen) atoms. The summed E-state index contributed by atoms with van der Waals surface area (Å²) in [4.78, 5) is 23.2. The number of halogens is 1. The molecular weight excluding hydrogens is 654 g/mol. The zero-order chi connectivity index (χ0) is 34.9. The summed E-state index contributed by atoms with van der Waals surface area (Å²) in [7, 11) is -2.32. The van der Waals surface area contributed by atoms with Crippen molar-refractivity contribution in [1.29, 1.82) is 0 Å². The molecule has 5 aromatic rings. The lowest BCUT2D eigenvalue weighted by molar-refractivity contribution is -0.384. The van der Waals surface area contributed by atoms with Gasteiger partial charge in [0.15, 0.2) is 0 Å². The van der Waals surface area contributed by atoms with E-state index in [0.717, 1.165) is 104 Å². The van der Waals surface area contributed by atoms with E-state index in [1.54, 1.807) is 0 Å². The van der Waals surface area contributed by atoms with Crippen molar-refractivity contribution in [3.05, 3.63) is 104 Å². The number of nitrogens with one attached hydrogen (secondary N) is 1. The van der Waals surface area contributed by atoms with Gasteiger partial charge in [-0.3, -0.25) is 19.6 Å². The van der Waals surface area contributed by atoms with Crippen LogP contribution in [-0.2, 0) is 34.8 Å². The maximum absolute atomic E-state index is 13.1. The average molecular weight is 692 g/mol. The molecule has 2 aromatic heterocycles. The summed E-state index contributed by atoms with van der Waals surface area (Å²) in [6, 6.07) is 14.4. The van der Waals surface area contributed by atoms with Crippen LogP contribution in [0.2, 0.25) is 5.02 Å². The summed E-state index contributed by atoms with van der Waals surface area (Å²) in [5, 5.41) is 17.4. The molecule has 0 aliphatic heterocycles. The molecule has 252 valence electrons. The molecule has 0 radical (unpaired) electrons. The van der Waals surface area contributed by atoms with E-state index in [9.17, 15) is 23.3 Å². The first-order chi connectivity index (χ1) is 22.7. The Morgan fingerprint density at radius 2 is 1.69 bits per heavy atom. The molecule has 0 bridgehead atoms. The zero-order valence-electron chi connectivity index (χ0n) is 27.8. The fourth-order valence-corrected chi connectivity index (χ4v) is 7.34. The number of carbonyl (C=O) groups is 1. The van der Waals surface area contributed by atoms with Gasteiger partial charge in [0.25, 0.3) is 15.7 Å². The van der Waals surface area contributed by atoms with Crippen molar-refractivity contribution in [2.24, 2.45) is 7.05 Å². The van der Waals surface area contributed by atoms with Crippen molar-refractivity contribution in [3.8, 4) is 16.9 Å². The number of fused-ring (bicyclic) bond motifs is 1. The summed E-state index contributed by atoms with van der Waals surface area (Å²) >= 11 is 6.33. The average Bonchev–Trinajstić information content (AvgIpc) is 3.45. The monoisotopic (exact) mass is 691 g/mol. The van der Waals surface area contributed by atoms with Crippen LogP contribution in [-0.4, -0.2) is 40.2 Å². The number of rotatable bonds is 12. The highest BCUT2D eigenvalue weighted by atomic mass is 35.5. The molecule has 0 spiro atoms.